The molecule has 3 aromatic rings. The van der Waals surface area contributed by atoms with Gasteiger partial charge in [0.25, 0.3) is 11.5 Å². The summed E-state index contributed by atoms with van der Waals surface area (Å²) in [4.78, 5) is 55.1. The molecule has 2 bridgehead atoms. The van der Waals surface area contributed by atoms with Crippen LogP contribution in [0.15, 0.2) is 41.2 Å². The Kier molecular flexibility index (Phi) is 12.1. The molecule has 6 rings (SSSR count). The van der Waals surface area contributed by atoms with Crippen LogP contribution in [0.3, 0.4) is 0 Å². The highest BCUT2D eigenvalue weighted by Gasteiger charge is 2.39. The SMILES string of the molecule is Cc1cc(-c2c(C)cc(Cl)cc2C)cc([C@H](CC(=O)O)NC(=O)[C@H](CC(C)C)NC(=O)c2ccc(C(F)(F)F)n(CCN3CC4CC(C4)C3)c2=O)c1F. The molecule has 3 N–H and O–H groups in total. The van der Waals surface area contributed by atoms with Gasteiger partial charge in [0.15, 0.2) is 0 Å². The summed E-state index contributed by atoms with van der Waals surface area (Å²) in [7, 11) is 0. The molecule has 2 saturated heterocycles. The fourth-order valence-corrected chi connectivity index (χ4v) is 8.13. The van der Waals surface area contributed by atoms with Gasteiger partial charge in [-0.1, -0.05) is 25.4 Å². The van der Waals surface area contributed by atoms with E-state index < -0.39 is 65.1 Å². The summed E-state index contributed by atoms with van der Waals surface area (Å²) >= 11 is 6.23. The van der Waals surface area contributed by atoms with Crippen LogP contribution in [0, 0.1) is 44.3 Å². The van der Waals surface area contributed by atoms with Gasteiger partial charge >= 0.3 is 12.1 Å². The number of fused-ring (bicyclic) bond motifs is 2. The van der Waals surface area contributed by atoms with E-state index in [1.54, 1.807) is 32.0 Å². The van der Waals surface area contributed by atoms with Crippen molar-refractivity contribution in [1.82, 2.24) is 20.1 Å². The zero-order chi connectivity index (χ0) is 38.9. The predicted octanol–water partition coefficient (Wildman–Crippen LogP) is 7.07. The zero-order valence-electron chi connectivity index (χ0n) is 30.4. The summed E-state index contributed by atoms with van der Waals surface area (Å²) in [6.45, 7) is 10.1. The van der Waals surface area contributed by atoms with E-state index in [4.69, 9.17) is 11.6 Å². The number of nitrogens with one attached hydrogen (secondary N) is 2. The number of amides is 2. The number of carbonyl (C=O) groups is 3. The van der Waals surface area contributed by atoms with Crippen molar-refractivity contribution in [3.05, 3.63) is 91.1 Å². The maximum absolute atomic E-state index is 15.8. The second-order valence-corrected chi connectivity index (χ2v) is 15.4. The third kappa shape index (κ3) is 9.29. The highest BCUT2D eigenvalue weighted by Crippen LogP contribution is 2.39. The summed E-state index contributed by atoms with van der Waals surface area (Å²) in [5.41, 5.74) is 0.163. The molecule has 1 saturated carbocycles. The van der Waals surface area contributed by atoms with E-state index in [1.165, 1.54) is 13.0 Å². The molecule has 1 aromatic heterocycles. The number of aromatic nitrogens is 1. The largest absolute Gasteiger partial charge is 0.481 e. The van der Waals surface area contributed by atoms with Crippen molar-refractivity contribution in [3.63, 3.8) is 0 Å². The van der Waals surface area contributed by atoms with Crippen molar-refractivity contribution in [1.29, 1.82) is 0 Å². The number of benzene rings is 2. The van der Waals surface area contributed by atoms with E-state index in [2.05, 4.69) is 10.6 Å². The monoisotopic (exact) mass is 760 g/mol. The molecule has 0 unspecified atom stereocenters. The molecule has 14 heteroatoms. The van der Waals surface area contributed by atoms with Gasteiger partial charge in [0, 0.05) is 36.8 Å². The van der Waals surface area contributed by atoms with Gasteiger partial charge in [-0.3, -0.25) is 19.2 Å². The number of rotatable bonds is 13. The molecular formula is C39H45ClF4N4O5. The fourth-order valence-electron chi connectivity index (χ4n) is 7.81. The fraction of sp³-hybridized carbons (Fsp3) is 0.487. The van der Waals surface area contributed by atoms with Crippen molar-refractivity contribution in [2.75, 3.05) is 19.6 Å². The number of hydrogen-bond acceptors (Lipinski definition) is 5. The second-order valence-electron chi connectivity index (χ2n) is 15.0. The first-order chi connectivity index (χ1) is 24.8. The van der Waals surface area contributed by atoms with Gasteiger partial charge in [0.1, 0.15) is 23.1 Å². The molecule has 2 amide bonds. The number of nitrogens with zero attached hydrogens (tertiary/aromatic N) is 2. The number of aliphatic carboxylic acids is 1. The van der Waals surface area contributed by atoms with Crippen molar-refractivity contribution in [2.24, 2.45) is 17.8 Å². The third-order valence-corrected chi connectivity index (χ3v) is 10.4. The number of carboxylic acids is 1. The van der Waals surface area contributed by atoms with E-state index in [0.29, 0.717) is 33.1 Å². The van der Waals surface area contributed by atoms with Gasteiger partial charge in [-0.25, -0.2) is 4.39 Å². The van der Waals surface area contributed by atoms with Gasteiger partial charge in [-0.2, -0.15) is 13.2 Å². The first-order valence-electron chi connectivity index (χ1n) is 17.8. The number of pyridine rings is 1. The maximum atomic E-state index is 15.8. The van der Waals surface area contributed by atoms with Crippen LogP contribution in [0.2, 0.25) is 5.02 Å². The predicted molar refractivity (Wildman–Crippen MR) is 193 cm³/mol. The van der Waals surface area contributed by atoms with Gasteiger partial charge < -0.3 is 25.2 Å². The molecule has 3 aliphatic rings. The normalized spacial score (nSPS) is 18.3. The molecule has 1 aliphatic carbocycles. The Morgan fingerprint density at radius 1 is 0.943 bits per heavy atom. The minimum Gasteiger partial charge on any atom is -0.481 e. The summed E-state index contributed by atoms with van der Waals surface area (Å²) < 4.78 is 58.5. The Bertz CT molecular complexity index is 1920. The van der Waals surface area contributed by atoms with Crippen LogP contribution < -0.4 is 16.2 Å². The van der Waals surface area contributed by atoms with Crippen LogP contribution >= 0.6 is 11.6 Å². The standard InChI is InChI=1S/C39H45ClF4N4O5/c1-20(2)10-31(46-36(51)28-6-7-32(39(42,43)44)48(38(28)53)9-8-47-18-24-14-25(15-24)19-47)37(52)45-30(17-33(49)50)29-16-26(11-23(5)35(29)41)34-21(3)12-27(40)13-22(34)4/h6-7,11-13,16,20,24-25,30-31H,8-10,14-15,17-19H2,1-5H3,(H,45,52)(H,46,51)(H,49,50)/t24?,25?,30-,31-/m0/s1. The first-order valence-corrected chi connectivity index (χ1v) is 18.1. The Morgan fingerprint density at radius 2 is 1.57 bits per heavy atom. The quantitative estimate of drug-likeness (QED) is 0.161. The summed E-state index contributed by atoms with van der Waals surface area (Å²) in [5.74, 6) is -3.16. The molecule has 3 heterocycles. The Morgan fingerprint density at radius 3 is 2.13 bits per heavy atom. The van der Waals surface area contributed by atoms with Gasteiger partial charge in [-0.05, 0) is 122 Å². The average molecular weight is 761 g/mol. The molecule has 9 nitrogen and oxygen atoms in total. The van der Waals surface area contributed by atoms with Crippen LogP contribution in [-0.2, 0) is 22.3 Å². The highest BCUT2D eigenvalue weighted by molar-refractivity contribution is 6.30. The minimum absolute atomic E-state index is 0.0220. The lowest BCUT2D eigenvalue weighted by atomic mass is 9.71. The lowest BCUT2D eigenvalue weighted by Gasteiger charge is -2.47. The van der Waals surface area contributed by atoms with E-state index >= 15 is 4.39 Å². The van der Waals surface area contributed by atoms with E-state index in [9.17, 15) is 37.5 Å². The van der Waals surface area contributed by atoms with Gasteiger partial charge in [0.2, 0.25) is 5.91 Å². The molecule has 53 heavy (non-hydrogen) atoms. The van der Waals surface area contributed by atoms with Crippen molar-refractivity contribution in [3.8, 4) is 11.1 Å². The number of piperidine rings is 2. The average Bonchev–Trinajstić information content (AvgIpc) is 3.03. The van der Waals surface area contributed by atoms with Crippen molar-refractivity contribution >= 4 is 29.4 Å². The maximum Gasteiger partial charge on any atom is 0.431 e. The van der Waals surface area contributed by atoms with E-state index in [0.717, 1.165) is 48.7 Å². The topological polar surface area (TPSA) is 121 Å². The first kappa shape index (κ1) is 40.0. The summed E-state index contributed by atoms with van der Waals surface area (Å²) in [5, 5.41) is 15.4. The molecule has 0 radical (unpaired) electrons. The van der Waals surface area contributed by atoms with Crippen LogP contribution in [0.4, 0.5) is 17.6 Å². The molecule has 0 spiro atoms. The zero-order valence-corrected chi connectivity index (χ0v) is 31.1. The number of carboxylic acid groups (broad SMARTS) is 1. The van der Waals surface area contributed by atoms with Crippen molar-refractivity contribution < 1.29 is 37.1 Å². The van der Waals surface area contributed by atoms with Crippen LogP contribution in [0.1, 0.15) is 83.9 Å². The highest BCUT2D eigenvalue weighted by atomic mass is 35.5. The lowest BCUT2D eigenvalue weighted by molar-refractivity contribution is -0.144. The number of aryl methyl sites for hydroxylation is 3. The minimum atomic E-state index is -4.85. The number of hydrogen-bond donors (Lipinski definition) is 3. The number of alkyl halides is 3. The molecule has 286 valence electrons. The Balaban J connectivity index is 1.42. The van der Waals surface area contributed by atoms with Gasteiger partial charge in [0.05, 0.1) is 12.5 Å². The van der Waals surface area contributed by atoms with Crippen molar-refractivity contribution in [2.45, 2.75) is 85.1 Å². The summed E-state index contributed by atoms with van der Waals surface area (Å²) in [6, 6.07) is 5.37. The van der Waals surface area contributed by atoms with Crippen LogP contribution in [0.25, 0.3) is 11.1 Å². The van der Waals surface area contributed by atoms with Gasteiger partial charge in [-0.15, -0.1) is 0 Å². The Hall–Kier alpha value is -4.23. The third-order valence-electron chi connectivity index (χ3n) is 10.2. The molecular weight excluding hydrogens is 716 g/mol. The molecule has 2 aromatic carbocycles. The molecule has 2 aliphatic heterocycles. The number of carbonyl (C=O) groups excluding carboxylic acids is 2. The van der Waals surface area contributed by atoms with Crippen LogP contribution in [0.5, 0.6) is 0 Å². The summed E-state index contributed by atoms with van der Waals surface area (Å²) in [6.07, 6.45) is -3.33. The Labute approximate surface area is 310 Å². The number of halogens is 5. The molecule has 3 fully saturated rings. The second kappa shape index (κ2) is 16.0. The smallest absolute Gasteiger partial charge is 0.431 e. The lowest BCUT2D eigenvalue weighted by Crippen LogP contribution is -2.50. The van der Waals surface area contributed by atoms with Crippen LogP contribution in [-0.4, -0.2) is 58.0 Å². The molecule has 2 atom stereocenters. The van der Waals surface area contributed by atoms with E-state index in [-0.39, 0.29) is 36.6 Å². The van der Waals surface area contributed by atoms with E-state index in [1.807, 2.05) is 18.7 Å².